The van der Waals surface area contributed by atoms with Gasteiger partial charge >= 0.3 is 0 Å². The van der Waals surface area contributed by atoms with Crippen molar-refractivity contribution >= 4 is 5.78 Å². The summed E-state index contributed by atoms with van der Waals surface area (Å²) >= 11 is 0. The maximum absolute atomic E-state index is 12.9. The Kier molecular flexibility index (Phi) is 3.59. The third-order valence-electron chi connectivity index (χ3n) is 4.02. The summed E-state index contributed by atoms with van der Waals surface area (Å²) in [6.07, 6.45) is 0. The number of nitrogens with one attached hydrogen (secondary N) is 1. The molecular weight excluding hydrogens is 246 g/mol. The number of hydrogen-bond acceptors (Lipinski definition) is 1. The lowest BCUT2D eigenvalue weighted by Gasteiger charge is -2.22. The molecule has 0 saturated carbocycles. The highest BCUT2D eigenvalue weighted by molar-refractivity contribution is 6.10. The molecule has 0 atom stereocenters. The standard InChI is InChI=1S/C18H23NO/c1-11-12(2)16(19-13(11)3)17(20)14-9-7-8-10-15(14)18(4,5)6/h7-10,19H,1-6H3. The molecule has 2 aromatic rings. The Balaban J connectivity index is 2.57. The molecule has 0 unspecified atom stereocenters. The van der Waals surface area contributed by atoms with Crippen molar-refractivity contribution in [3.05, 3.63) is 57.9 Å². The van der Waals surface area contributed by atoms with E-state index in [1.165, 1.54) is 5.56 Å². The van der Waals surface area contributed by atoms with Gasteiger partial charge in [0.05, 0.1) is 5.69 Å². The molecule has 1 aromatic carbocycles. The molecule has 0 aliphatic carbocycles. The SMILES string of the molecule is Cc1[nH]c(C(=O)c2ccccc2C(C)(C)C)c(C)c1C. The number of H-pyrrole nitrogens is 1. The Morgan fingerprint density at radius 3 is 2.10 bits per heavy atom. The minimum Gasteiger partial charge on any atom is -0.356 e. The van der Waals surface area contributed by atoms with Crippen LogP contribution < -0.4 is 0 Å². The van der Waals surface area contributed by atoms with Gasteiger partial charge in [0.15, 0.2) is 0 Å². The topological polar surface area (TPSA) is 32.9 Å². The fourth-order valence-corrected chi connectivity index (χ4v) is 2.54. The number of carbonyl (C=O) groups is 1. The number of carbonyl (C=O) groups excluding carboxylic acids is 1. The molecule has 0 spiro atoms. The lowest BCUT2D eigenvalue weighted by Crippen LogP contribution is -2.17. The van der Waals surface area contributed by atoms with Gasteiger partial charge in [-0.05, 0) is 42.9 Å². The minimum absolute atomic E-state index is 0.0448. The number of aryl methyl sites for hydroxylation is 1. The Labute approximate surface area is 121 Å². The van der Waals surface area contributed by atoms with E-state index in [9.17, 15) is 4.79 Å². The monoisotopic (exact) mass is 269 g/mol. The number of aromatic nitrogens is 1. The largest absolute Gasteiger partial charge is 0.356 e. The first-order valence-corrected chi connectivity index (χ1v) is 7.03. The van der Waals surface area contributed by atoms with Crippen molar-refractivity contribution in [3.63, 3.8) is 0 Å². The summed E-state index contributed by atoms with van der Waals surface area (Å²) in [4.78, 5) is 16.1. The van der Waals surface area contributed by atoms with Crippen LogP contribution in [0.1, 0.15) is 59.2 Å². The lowest BCUT2D eigenvalue weighted by molar-refractivity contribution is 0.103. The summed E-state index contributed by atoms with van der Waals surface area (Å²) in [5.74, 6) is 0.0872. The highest BCUT2D eigenvalue weighted by Gasteiger charge is 2.24. The van der Waals surface area contributed by atoms with E-state index in [0.717, 1.165) is 28.1 Å². The number of benzene rings is 1. The number of rotatable bonds is 2. The lowest BCUT2D eigenvalue weighted by atomic mass is 9.82. The summed E-state index contributed by atoms with van der Waals surface area (Å²) in [6, 6.07) is 7.90. The van der Waals surface area contributed by atoms with Crippen LogP contribution in [0.2, 0.25) is 0 Å². The van der Waals surface area contributed by atoms with Crippen LogP contribution in [0.3, 0.4) is 0 Å². The third-order valence-corrected chi connectivity index (χ3v) is 4.02. The van der Waals surface area contributed by atoms with E-state index in [1.54, 1.807) is 0 Å². The molecule has 2 rings (SSSR count). The van der Waals surface area contributed by atoms with Crippen LogP contribution in [-0.2, 0) is 5.41 Å². The van der Waals surface area contributed by atoms with Crippen molar-refractivity contribution in [3.8, 4) is 0 Å². The zero-order valence-corrected chi connectivity index (χ0v) is 13.2. The zero-order valence-electron chi connectivity index (χ0n) is 13.2. The molecule has 2 nitrogen and oxygen atoms in total. The molecule has 0 radical (unpaired) electrons. The molecule has 2 heteroatoms. The third kappa shape index (κ3) is 2.43. The van der Waals surface area contributed by atoms with Gasteiger partial charge in [-0.3, -0.25) is 4.79 Å². The highest BCUT2D eigenvalue weighted by Crippen LogP contribution is 2.28. The van der Waals surface area contributed by atoms with Gasteiger partial charge in [0, 0.05) is 11.3 Å². The highest BCUT2D eigenvalue weighted by atomic mass is 16.1. The van der Waals surface area contributed by atoms with Crippen molar-refractivity contribution in [1.29, 1.82) is 0 Å². The van der Waals surface area contributed by atoms with Crippen LogP contribution in [0.25, 0.3) is 0 Å². The van der Waals surface area contributed by atoms with Crippen LogP contribution in [0.4, 0.5) is 0 Å². The fraction of sp³-hybridized carbons (Fsp3) is 0.389. The van der Waals surface area contributed by atoms with Gasteiger partial charge in [-0.25, -0.2) is 0 Å². The maximum atomic E-state index is 12.9. The van der Waals surface area contributed by atoms with Crippen molar-refractivity contribution in [1.82, 2.24) is 4.98 Å². The van der Waals surface area contributed by atoms with E-state index < -0.39 is 0 Å². The molecule has 0 bridgehead atoms. The molecule has 1 aromatic heterocycles. The molecule has 0 amide bonds. The van der Waals surface area contributed by atoms with Crippen LogP contribution in [0.15, 0.2) is 24.3 Å². The first-order chi connectivity index (χ1) is 9.23. The second-order valence-electron chi connectivity index (χ2n) is 6.50. The van der Waals surface area contributed by atoms with Gasteiger partial charge in [0.2, 0.25) is 5.78 Å². The van der Waals surface area contributed by atoms with Crippen LogP contribution in [0.5, 0.6) is 0 Å². The molecule has 0 saturated heterocycles. The number of hydrogen-bond donors (Lipinski definition) is 1. The average molecular weight is 269 g/mol. The second kappa shape index (κ2) is 4.93. The molecular formula is C18H23NO. The Hall–Kier alpha value is -1.83. The first kappa shape index (κ1) is 14.6. The molecule has 20 heavy (non-hydrogen) atoms. The summed E-state index contributed by atoms with van der Waals surface area (Å²) < 4.78 is 0. The maximum Gasteiger partial charge on any atom is 0.209 e. The summed E-state index contributed by atoms with van der Waals surface area (Å²) in [5.41, 5.74) is 5.85. The van der Waals surface area contributed by atoms with Crippen molar-refractivity contribution in [2.24, 2.45) is 0 Å². The van der Waals surface area contributed by atoms with E-state index in [4.69, 9.17) is 0 Å². The van der Waals surface area contributed by atoms with Crippen molar-refractivity contribution in [2.45, 2.75) is 47.0 Å². The number of aromatic amines is 1. The normalized spacial score (nSPS) is 11.7. The van der Waals surface area contributed by atoms with Gasteiger partial charge in [0.1, 0.15) is 0 Å². The molecule has 0 fully saturated rings. The van der Waals surface area contributed by atoms with Crippen molar-refractivity contribution in [2.75, 3.05) is 0 Å². The van der Waals surface area contributed by atoms with Gasteiger partial charge in [0.25, 0.3) is 0 Å². The smallest absolute Gasteiger partial charge is 0.209 e. The van der Waals surface area contributed by atoms with Gasteiger partial charge in [-0.15, -0.1) is 0 Å². The molecule has 106 valence electrons. The molecule has 1 heterocycles. The predicted octanol–water partition coefficient (Wildman–Crippen LogP) is 4.47. The van der Waals surface area contributed by atoms with Gasteiger partial charge in [-0.1, -0.05) is 45.0 Å². The average Bonchev–Trinajstić information content (AvgIpc) is 2.65. The van der Waals surface area contributed by atoms with Gasteiger partial charge in [-0.2, -0.15) is 0 Å². The van der Waals surface area contributed by atoms with E-state index in [-0.39, 0.29) is 11.2 Å². The summed E-state index contributed by atoms with van der Waals surface area (Å²) in [6.45, 7) is 12.5. The van der Waals surface area contributed by atoms with E-state index in [1.807, 2.05) is 45.0 Å². The Morgan fingerprint density at radius 2 is 1.60 bits per heavy atom. The molecule has 1 N–H and O–H groups in total. The fourth-order valence-electron chi connectivity index (χ4n) is 2.54. The second-order valence-corrected chi connectivity index (χ2v) is 6.50. The summed E-state index contributed by atoms with van der Waals surface area (Å²) in [5, 5.41) is 0. The van der Waals surface area contributed by atoms with Gasteiger partial charge < -0.3 is 4.98 Å². The van der Waals surface area contributed by atoms with Crippen LogP contribution in [-0.4, -0.2) is 10.8 Å². The van der Waals surface area contributed by atoms with E-state index in [2.05, 4.69) is 25.8 Å². The van der Waals surface area contributed by atoms with Crippen LogP contribution >= 0.6 is 0 Å². The predicted molar refractivity (Wildman–Crippen MR) is 83.6 cm³/mol. The Bertz CT molecular complexity index is 657. The van der Waals surface area contributed by atoms with Crippen LogP contribution in [0, 0.1) is 20.8 Å². The number of ketones is 1. The minimum atomic E-state index is -0.0448. The van der Waals surface area contributed by atoms with Crippen molar-refractivity contribution < 1.29 is 4.79 Å². The quantitative estimate of drug-likeness (QED) is 0.802. The molecule has 0 aliphatic heterocycles. The molecule has 0 aliphatic rings. The van der Waals surface area contributed by atoms with E-state index >= 15 is 0 Å². The first-order valence-electron chi connectivity index (χ1n) is 7.03. The van der Waals surface area contributed by atoms with E-state index in [0.29, 0.717) is 0 Å². The zero-order chi connectivity index (χ0) is 15.1. The Morgan fingerprint density at radius 1 is 1.00 bits per heavy atom. The summed E-state index contributed by atoms with van der Waals surface area (Å²) in [7, 11) is 0.